The molecule has 112 valence electrons. The first kappa shape index (κ1) is 15.6. The van der Waals surface area contributed by atoms with Gasteiger partial charge < -0.3 is 10.1 Å². The van der Waals surface area contributed by atoms with Crippen LogP contribution in [0.5, 0.6) is 5.75 Å². The van der Waals surface area contributed by atoms with Crippen LogP contribution in [0.15, 0.2) is 23.1 Å². The Labute approximate surface area is 127 Å². The number of hydrogen-bond acceptors (Lipinski definition) is 3. The standard InChI is InChI=1S/C17H27NOS/c1-3-12-18-16(17-15(19-2)11-13-20-17)14-9-7-5-4-6-8-10-14/h9,11,13,16,18H,3-8,10,12H2,1-2H3/b14-9+. The molecule has 3 heteroatoms. The Morgan fingerprint density at radius 1 is 1.30 bits per heavy atom. The number of ether oxygens (including phenoxy) is 1. The van der Waals surface area contributed by atoms with Gasteiger partial charge in [-0.25, -0.2) is 0 Å². The Morgan fingerprint density at radius 2 is 2.15 bits per heavy atom. The normalized spacial score (nSPS) is 20.6. The summed E-state index contributed by atoms with van der Waals surface area (Å²) in [5.41, 5.74) is 1.57. The van der Waals surface area contributed by atoms with E-state index in [2.05, 4.69) is 29.8 Å². The monoisotopic (exact) mass is 293 g/mol. The van der Waals surface area contributed by atoms with Crippen molar-refractivity contribution in [1.29, 1.82) is 0 Å². The molecule has 0 saturated heterocycles. The van der Waals surface area contributed by atoms with Gasteiger partial charge >= 0.3 is 0 Å². The Kier molecular flexibility index (Phi) is 6.61. The highest BCUT2D eigenvalue weighted by molar-refractivity contribution is 7.10. The first-order chi connectivity index (χ1) is 9.86. The minimum atomic E-state index is 0.350. The van der Waals surface area contributed by atoms with E-state index in [1.54, 1.807) is 12.7 Å². The molecule has 0 saturated carbocycles. The van der Waals surface area contributed by atoms with Gasteiger partial charge in [-0.3, -0.25) is 0 Å². The molecule has 0 aliphatic heterocycles. The fraction of sp³-hybridized carbons (Fsp3) is 0.647. The molecule has 0 fully saturated rings. The molecule has 1 unspecified atom stereocenters. The molecule has 0 spiro atoms. The fourth-order valence-electron chi connectivity index (χ4n) is 2.85. The maximum atomic E-state index is 5.54. The molecule has 0 bridgehead atoms. The lowest BCUT2D eigenvalue weighted by molar-refractivity contribution is 0.405. The summed E-state index contributed by atoms with van der Waals surface area (Å²) in [5.74, 6) is 1.03. The Bertz CT molecular complexity index is 424. The summed E-state index contributed by atoms with van der Waals surface area (Å²) in [6, 6.07) is 2.44. The Balaban J connectivity index is 2.21. The molecule has 1 aromatic heterocycles. The van der Waals surface area contributed by atoms with Gasteiger partial charge in [0.15, 0.2) is 0 Å². The third kappa shape index (κ3) is 4.10. The van der Waals surface area contributed by atoms with Gasteiger partial charge in [0, 0.05) is 0 Å². The molecule has 0 radical (unpaired) electrons. The molecular formula is C17H27NOS. The highest BCUT2D eigenvalue weighted by Crippen LogP contribution is 2.37. The maximum absolute atomic E-state index is 5.54. The summed E-state index contributed by atoms with van der Waals surface area (Å²) in [6.45, 7) is 3.28. The lowest BCUT2D eigenvalue weighted by Gasteiger charge is -2.23. The van der Waals surface area contributed by atoms with E-state index in [0.29, 0.717) is 6.04 Å². The average Bonchev–Trinajstić information content (AvgIpc) is 2.89. The van der Waals surface area contributed by atoms with Crippen LogP contribution in [0, 0.1) is 0 Å². The summed E-state index contributed by atoms with van der Waals surface area (Å²) < 4.78 is 5.54. The Hall–Kier alpha value is -0.800. The van der Waals surface area contributed by atoms with Gasteiger partial charge in [0.2, 0.25) is 0 Å². The van der Waals surface area contributed by atoms with Crippen molar-refractivity contribution in [2.24, 2.45) is 0 Å². The van der Waals surface area contributed by atoms with E-state index in [1.807, 2.05) is 11.3 Å². The second-order valence-electron chi connectivity index (χ2n) is 5.47. The highest BCUT2D eigenvalue weighted by atomic mass is 32.1. The van der Waals surface area contributed by atoms with E-state index in [4.69, 9.17) is 4.74 Å². The van der Waals surface area contributed by atoms with Crippen molar-refractivity contribution < 1.29 is 4.74 Å². The zero-order valence-electron chi connectivity index (χ0n) is 12.8. The topological polar surface area (TPSA) is 21.3 Å². The predicted octanol–water partition coefficient (Wildman–Crippen LogP) is 5.08. The molecule has 0 aromatic carbocycles. The van der Waals surface area contributed by atoms with Crippen LogP contribution in [0.2, 0.25) is 0 Å². The van der Waals surface area contributed by atoms with Crippen molar-refractivity contribution in [3.8, 4) is 5.75 Å². The minimum Gasteiger partial charge on any atom is -0.496 e. The van der Waals surface area contributed by atoms with E-state index in [9.17, 15) is 0 Å². The zero-order chi connectivity index (χ0) is 14.2. The van der Waals surface area contributed by atoms with Crippen LogP contribution < -0.4 is 10.1 Å². The van der Waals surface area contributed by atoms with Gasteiger partial charge in [-0.2, -0.15) is 0 Å². The number of rotatable bonds is 6. The smallest absolute Gasteiger partial charge is 0.134 e. The maximum Gasteiger partial charge on any atom is 0.134 e. The lowest BCUT2D eigenvalue weighted by Crippen LogP contribution is -2.24. The molecule has 2 rings (SSSR count). The molecular weight excluding hydrogens is 266 g/mol. The van der Waals surface area contributed by atoms with Gasteiger partial charge in [0.1, 0.15) is 5.75 Å². The average molecular weight is 293 g/mol. The molecule has 1 aromatic rings. The van der Waals surface area contributed by atoms with Crippen LogP contribution in [0.25, 0.3) is 0 Å². The van der Waals surface area contributed by atoms with Gasteiger partial charge in [-0.1, -0.05) is 31.4 Å². The van der Waals surface area contributed by atoms with Crippen molar-refractivity contribution in [3.05, 3.63) is 28.0 Å². The van der Waals surface area contributed by atoms with Crippen LogP contribution >= 0.6 is 11.3 Å². The largest absolute Gasteiger partial charge is 0.496 e. The molecule has 1 heterocycles. The third-order valence-corrected chi connectivity index (χ3v) is 4.90. The van der Waals surface area contributed by atoms with E-state index >= 15 is 0 Å². The van der Waals surface area contributed by atoms with Gasteiger partial charge in [0.05, 0.1) is 18.0 Å². The molecule has 2 nitrogen and oxygen atoms in total. The van der Waals surface area contributed by atoms with Gasteiger partial charge in [-0.15, -0.1) is 11.3 Å². The molecule has 20 heavy (non-hydrogen) atoms. The van der Waals surface area contributed by atoms with E-state index in [0.717, 1.165) is 18.7 Å². The van der Waals surface area contributed by atoms with Crippen molar-refractivity contribution in [2.75, 3.05) is 13.7 Å². The number of hydrogen-bond donors (Lipinski definition) is 1. The second kappa shape index (κ2) is 8.48. The molecule has 1 N–H and O–H groups in total. The number of methoxy groups -OCH3 is 1. The SMILES string of the molecule is CCCNC(/C1=C/CCCCCC1)c1sccc1OC. The van der Waals surface area contributed by atoms with Crippen molar-refractivity contribution in [3.63, 3.8) is 0 Å². The fourth-order valence-corrected chi connectivity index (χ4v) is 3.82. The van der Waals surface area contributed by atoms with Crippen molar-refractivity contribution >= 4 is 11.3 Å². The minimum absolute atomic E-state index is 0.350. The number of allylic oxidation sites excluding steroid dienone is 1. The van der Waals surface area contributed by atoms with Crippen molar-refractivity contribution in [1.82, 2.24) is 5.32 Å². The molecule has 1 atom stereocenters. The van der Waals surface area contributed by atoms with Gasteiger partial charge in [0.25, 0.3) is 0 Å². The second-order valence-corrected chi connectivity index (χ2v) is 6.42. The molecule has 1 aliphatic rings. The summed E-state index contributed by atoms with van der Waals surface area (Å²) in [6.07, 6.45) is 11.5. The summed E-state index contributed by atoms with van der Waals surface area (Å²) in [7, 11) is 1.77. The number of thiophene rings is 1. The van der Waals surface area contributed by atoms with E-state index in [-0.39, 0.29) is 0 Å². The van der Waals surface area contributed by atoms with Crippen LogP contribution in [-0.2, 0) is 0 Å². The summed E-state index contributed by atoms with van der Waals surface area (Å²) >= 11 is 1.81. The first-order valence-corrected chi connectivity index (χ1v) is 8.78. The number of nitrogens with one attached hydrogen (secondary N) is 1. The summed E-state index contributed by atoms with van der Waals surface area (Å²) in [4.78, 5) is 1.34. The van der Waals surface area contributed by atoms with Crippen LogP contribution in [0.4, 0.5) is 0 Å². The molecule has 0 amide bonds. The third-order valence-electron chi connectivity index (χ3n) is 3.93. The molecule has 1 aliphatic carbocycles. The summed E-state index contributed by atoms with van der Waals surface area (Å²) in [5, 5.41) is 5.86. The van der Waals surface area contributed by atoms with Crippen LogP contribution in [0.1, 0.15) is 62.8 Å². The van der Waals surface area contributed by atoms with E-state index in [1.165, 1.54) is 43.4 Å². The Morgan fingerprint density at radius 3 is 2.95 bits per heavy atom. The highest BCUT2D eigenvalue weighted by Gasteiger charge is 2.21. The van der Waals surface area contributed by atoms with Crippen molar-refractivity contribution in [2.45, 2.75) is 57.9 Å². The quantitative estimate of drug-likeness (QED) is 0.739. The zero-order valence-corrected chi connectivity index (χ0v) is 13.6. The first-order valence-electron chi connectivity index (χ1n) is 7.90. The predicted molar refractivity (Wildman–Crippen MR) is 87.7 cm³/mol. The van der Waals surface area contributed by atoms with Gasteiger partial charge in [-0.05, 0) is 50.1 Å². The van der Waals surface area contributed by atoms with E-state index < -0.39 is 0 Å². The van der Waals surface area contributed by atoms with Crippen LogP contribution in [-0.4, -0.2) is 13.7 Å². The lowest BCUT2D eigenvalue weighted by atomic mass is 9.94. The van der Waals surface area contributed by atoms with Crippen LogP contribution in [0.3, 0.4) is 0 Å².